The summed E-state index contributed by atoms with van der Waals surface area (Å²) >= 11 is 0. The van der Waals surface area contributed by atoms with Crippen molar-refractivity contribution in [3.63, 3.8) is 0 Å². The van der Waals surface area contributed by atoms with Crippen molar-refractivity contribution in [1.82, 2.24) is 10.6 Å². The van der Waals surface area contributed by atoms with Crippen LogP contribution in [0.2, 0.25) is 0 Å². The molecule has 3 aromatic carbocycles. The minimum atomic E-state index is -0.653. The predicted octanol–water partition coefficient (Wildman–Crippen LogP) is 7.41. The third-order valence-corrected chi connectivity index (χ3v) is 12.3. The Hall–Kier alpha value is -4.84. The lowest BCUT2D eigenvalue weighted by molar-refractivity contribution is -0.159. The Labute approximate surface area is 306 Å². The number of carbonyl (C=O) groups excluding carboxylic acids is 3. The summed E-state index contributed by atoms with van der Waals surface area (Å²) < 4.78 is 17.9. The van der Waals surface area contributed by atoms with Crippen molar-refractivity contribution < 1.29 is 28.6 Å². The van der Waals surface area contributed by atoms with Crippen LogP contribution in [-0.2, 0) is 20.9 Å². The Morgan fingerprint density at radius 3 is 2.33 bits per heavy atom. The molecule has 0 aliphatic heterocycles. The normalized spacial score (nSPS) is 27.2. The Morgan fingerprint density at radius 2 is 1.63 bits per heavy atom. The Bertz CT molecular complexity index is 1910. The molecule has 2 bridgehead atoms. The fraction of sp³-hybridized carbons (Fsp3) is 0.488. The van der Waals surface area contributed by atoms with Gasteiger partial charge in [0.25, 0.3) is 5.91 Å². The molecule has 4 atom stereocenters. The second-order valence-corrected chi connectivity index (χ2v) is 15.9. The van der Waals surface area contributed by atoms with E-state index in [0.717, 1.165) is 42.0 Å². The van der Waals surface area contributed by atoms with E-state index < -0.39 is 5.41 Å². The minimum absolute atomic E-state index is 0.00460. The standard InChI is InChI=1S/C43H49N3O6/c1-42(18-7-19-42)26-45-40(48)37-28-12-14-29(15-13-28)38(37)46-39(47)34-23-35(31(24-44)22-36(34)50-3)52-32-16-20-43(2,21-17-32)41(49)51-25-30-10-6-9-27-8-4-5-11-33(27)30/h4-6,8-12,14,22-23,28-29,32,37-38H,7,13,15-21,25-26H2,1-3H3,(H,45,48)(H,46,47)/t28-,29+,32?,37?,38?,43?/m0/s1. The summed E-state index contributed by atoms with van der Waals surface area (Å²) in [5.74, 6) is -0.267. The van der Waals surface area contributed by atoms with Gasteiger partial charge in [0.15, 0.2) is 0 Å². The van der Waals surface area contributed by atoms with Crippen molar-refractivity contribution in [2.24, 2.45) is 28.6 Å². The lowest BCUT2D eigenvalue weighted by Gasteiger charge is -2.45. The van der Waals surface area contributed by atoms with Crippen LogP contribution in [0.4, 0.5) is 0 Å². The molecule has 272 valence electrons. The average molecular weight is 704 g/mol. The van der Waals surface area contributed by atoms with Crippen LogP contribution in [-0.4, -0.2) is 43.6 Å². The van der Waals surface area contributed by atoms with Crippen LogP contribution in [0.1, 0.15) is 93.1 Å². The van der Waals surface area contributed by atoms with E-state index in [1.54, 1.807) is 6.07 Å². The molecular formula is C43H49N3O6. The number of methoxy groups -OCH3 is 1. The van der Waals surface area contributed by atoms with Crippen molar-refractivity contribution >= 4 is 28.6 Å². The molecule has 5 aliphatic carbocycles. The van der Waals surface area contributed by atoms with Gasteiger partial charge in [0.05, 0.1) is 35.7 Å². The number of ether oxygens (including phenoxy) is 3. The SMILES string of the molecule is COc1cc(C#N)c(OC2CCC(C)(C(=O)OCc3cccc4ccccc34)CC2)cc1C(=O)NC1C(C(=O)NCC2(C)CCC2)[C@H]2C=C[C@@H]1CC2. The van der Waals surface area contributed by atoms with Gasteiger partial charge in [-0.3, -0.25) is 14.4 Å². The molecule has 9 heteroatoms. The number of hydrogen-bond acceptors (Lipinski definition) is 7. The van der Waals surface area contributed by atoms with E-state index >= 15 is 0 Å². The molecule has 2 amide bonds. The number of nitrogens with zero attached hydrogens (tertiary/aromatic N) is 1. The van der Waals surface area contributed by atoms with Gasteiger partial charge in [-0.1, -0.05) is 68.0 Å². The minimum Gasteiger partial charge on any atom is -0.496 e. The zero-order valence-electron chi connectivity index (χ0n) is 30.4. The summed E-state index contributed by atoms with van der Waals surface area (Å²) in [6.45, 7) is 5.02. The molecule has 0 heterocycles. The van der Waals surface area contributed by atoms with E-state index in [1.807, 2.05) is 49.4 Å². The van der Waals surface area contributed by atoms with E-state index in [-0.39, 0.29) is 76.6 Å². The van der Waals surface area contributed by atoms with Crippen molar-refractivity contribution in [3.05, 3.63) is 83.4 Å². The van der Waals surface area contributed by atoms with Gasteiger partial charge in [-0.05, 0) is 97.9 Å². The van der Waals surface area contributed by atoms with Crippen LogP contribution in [0.5, 0.6) is 11.5 Å². The van der Waals surface area contributed by atoms with Gasteiger partial charge in [0.1, 0.15) is 24.2 Å². The first kappa shape index (κ1) is 35.6. The molecule has 0 radical (unpaired) electrons. The fourth-order valence-corrected chi connectivity index (χ4v) is 8.71. The van der Waals surface area contributed by atoms with E-state index in [9.17, 15) is 19.6 Å². The fourth-order valence-electron chi connectivity index (χ4n) is 8.71. The zero-order chi connectivity index (χ0) is 36.5. The third-order valence-electron chi connectivity index (χ3n) is 12.3. The molecule has 9 nitrogen and oxygen atoms in total. The number of nitrogens with one attached hydrogen (secondary N) is 2. The molecule has 3 saturated carbocycles. The van der Waals surface area contributed by atoms with Gasteiger partial charge in [0, 0.05) is 18.7 Å². The van der Waals surface area contributed by atoms with Crippen molar-refractivity contribution in [2.45, 2.75) is 90.4 Å². The van der Waals surface area contributed by atoms with Crippen molar-refractivity contribution in [2.75, 3.05) is 13.7 Å². The van der Waals surface area contributed by atoms with E-state index in [0.29, 0.717) is 38.0 Å². The summed E-state index contributed by atoms with van der Waals surface area (Å²) in [4.78, 5) is 41.0. The summed E-state index contributed by atoms with van der Waals surface area (Å²) in [6.07, 6.45) is 11.6. The molecule has 0 saturated heterocycles. The summed E-state index contributed by atoms with van der Waals surface area (Å²) in [6, 6.07) is 19.0. The molecule has 52 heavy (non-hydrogen) atoms. The van der Waals surface area contributed by atoms with Crippen molar-refractivity contribution in [1.29, 1.82) is 5.26 Å². The number of nitriles is 1. The van der Waals surface area contributed by atoms with Crippen molar-refractivity contribution in [3.8, 4) is 17.6 Å². The molecule has 5 aliphatic rings. The predicted molar refractivity (Wildman–Crippen MR) is 198 cm³/mol. The number of carbonyl (C=O) groups is 3. The highest BCUT2D eigenvalue weighted by Crippen LogP contribution is 2.44. The molecule has 2 N–H and O–H groups in total. The zero-order valence-corrected chi connectivity index (χ0v) is 30.4. The Balaban J connectivity index is 1.01. The first-order valence-corrected chi connectivity index (χ1v) is 18.8. The highest BCUT2D eigenvalue weighted by Gasteiger charge is 2.46. The smallest absolute Gasteiger partial charge is 0.312 e. The van der Waals surface area contributed by atoms with Crippen LogP contribution in [0.25, 0.3) is 10.8 Å². The number of allylic oxidation sites excluding steroid dienone is 1. The number of esters is 1. The van der Waals surface area contributed by atoms with Gasteiger partial charge >= 0.3 is 5.97 Å². The largest absolute Gasteiger partial charge is 0.496 e. The van der Waals surface area contributed by atoms with Gasteiger partial charge < -0.3 is 24.8 Å². The molecule has 3 fully saturated rings. The highest BCUT2D eigenvalue weighted by atomic mass is 16.5. The van der Waals surface area contributed by atoms with Crippen LogP contribution < -0.4 is 20.1 Å². The molecule has 3 aromatic rings. The Morgan fingerprint density at radius 1 is 0.904 bits per heavy atom. The quantitative estimate of drug-likeness (QED) is 0.157. The van der Waals surface area contributed by atoms with Crippen LogP contribution >= 0.6 is 0 Å². The second-order valence-electron chi connectivity index (χ2n) is 15.9. The molecule has 0 aromatic heterocycles. The average Bonchev–Trinajstić information content (AvgIpc) is 3.16. The Kier molecular flexibility index (Phi) is 10.0. The van der Waals surface area contributed by atoms with Gasteiger partial charge in [0.2, 0.25) is 5.91 Å². The number of fused-ring (bicyclic) bond motifs is 3. The molecule has 8 rings (SSSR count). The third kappa shape index (κ3) is 7.13. The first-order valence-electron chi connectivity index (χ1n) is 18.8. The maximum atomic E-state index is 14.0. The van der Waals surface area contributed by atoms with E-state index in [1.165, 1.54) is 19.6 Å². The van der Waals surface area contributed by atoms with Gasteiger partial charge in [-0.15, -0.1) is 0 Å². The highest BCUT2D eigenvalue weighted by molar-refractivity contribution is 5.98. The summed E-state index contributed by atoms with van der Waals surface area (Å²) in [7, 11) is 1.47. The van der Waals surface area contributed by atoms with E-state index in [4.69, 9.17) is 14.2 Å². The maximum absolute atomic E-state index is 14.0. The summed E-state index contributed by atoms with van der Waals surface area (Å²) in [5, 5.41) is 18.6. The second kappa shape index (κ2) is 14.7. The van der Waals surface area contributed by atoms with Gasteiger partial charge in [-0.25, -0.2) is 0 Å². The molecular weight excluding hydrogens is 654 g/mol. The van der Waals surface area contributed by atoms with Crippen LogP contribution in [0.3, 0.4) is 0 Å². The monoisotopic (exact) mass is 703 g/mol. The number of hydrogen-bond donors (Lipinski definition) is 2. The summed E-state index contributed by atoms with van der Waals surface area (Å²) in [5.41, 5.74) is 0.987. The number of amides is 2. The maximum Gasteiger partial charge on any atom is 0.312 e. The topological polar surface area (TPSA) is 127 Å². The lowest BCUT2D eigenvalue weighted by Crippen LogP contribution is -2.57. The lowest BCUT2D eigenvalue weighted by atomic mass is 9.65. The number of benzene rings is 3. The van der Waals surface area contributed by atoms with Gasteiger partial charge in [-0.2, -0.15) is 5.26 Å². The van der Waals surface area contributed by atoms with Crippen LogP contribution in [0.15, 0.2) is 66.7 Å². The van der Waals surface area contributed by atoms with E-state index in [2.05, 4.69) is 35.8 Å². The van der Waals surface area contributed by atoms with Crippen LogP contribution in [0, 0.1) is 39.9 Å². The number of rotatable bonds is 11. The molecule has 0 spiro atoms. The molecule has 2 unspecified atom stereocenters. The first-order chi connectivity index (χ1) is 25.1.